The van der Waals surface area contributed by atoms with Gasteiger partial charge in [0, 0.05) is 10.8 Å². The number of aryl methyl sites for hydroxylation is 2. The highest BCUT2D eigenvalue weighted by Crippen LogP contribution is 2.39. The molecule has 6 nitrogen and oxygen atoms in total. The topological polar surface area (TPSA) is 91.6 Å². The highest BCUT2D eigenvalue weighted by Gasteiger charge is 2.33. The minimum absolute atomic E-state index is 0.0404. The predicted molar refractivity (Wildman–Crippen MR) is 105 cm³/mol. The molecule has 0 saturated carbocycles. The molecule has 2 heterocycles. The molecule has 0 unspecified atom stereocenters. The molecule has 0 amide bonds. The Bertz CT molecular complexity index is 996. The van der Waals surface area contributed by atoms with Crippen LogP contribution < -0.4 is 21.5 Å². The van der Waals surface area contributed by atoms with E-state index in [0.717, 1.165) is 11.3 Å². The molecular formula is C19H22N2O4S. The first kappa shape index (κ1) is 18.3. The van der Waals surface area contributed by atoms with Crippen LogP contribution in [0.15, 0.2) is 30.8 Å². The van der Waals surface area contributed by atoms with Crippen LogP contribution in [0.3, 0.4) is 0 Å². The Balaban J connectivity index is 1.96. The first-order chi connectivity index (χ1) is 12.1. The van der Waals surface area contributed by atoms with E-state index in [4.69, 9.17) is 4.42 Å². The molecule has 0 spiro atoms. The molecule has 0 aliphatic heterocycles. The summed E-state index contributed by atoms with van der Waals surface area (Å²) in [6, 6.07) is 1.65. The average molecular weight is 374 g/mol. The maximum atomic E-state index is 12.2. The third-order valence-corrected chi connectivity index (χ3v) is 5.17. The van der Waals surface area contributed by atoms with Gasteiger partial charge in [-0.05, 0) is 30.9 Å². The molecule has 0 saturated heterocycles. The monoisotopic (exact) mass is 374 g/mol. The number of hydrogen-bond acceptors (Lipinski definition) is 7. The van der Waals surface area contributed by atoms with E-state index in [9.17, 15) is 14.7 Å². The first-order valence-corrected chi connectivity index (χ1v) is 9.23. The van der Waals surface area contributed by atoms with E-state index < -0.39 is 10.9 Å². The fraction of sp³-hybridized carbons (Fsp3) is 0.368. The zero-order chi connectivity index (χ0) is 19.2. The standard InChI is InChI=1S/C19H22N2O4S/c1-9-6-13(25-10(9)2)18(19(3,4)5)21-15-14(16(23)17(15)24)20-11-7-26-8-12(11)22/h6-8,18,20-22H,1-5H3/t18-/m0/s1. The van der Waals surface area contributed by atoms with Crippen molar-refractivity contribution in [3.05, 3.63) is 54.4 Å². The number of hydrogen-bond donors (Lipinski definition) is 3. The highest BCUT2D eigenvalue weighted by atomic mass is 32.1. The largest absolute Gasteiger partial charge is 0.505 e. The Morgan fingerprint density at radius 1 is 1.12 bits per heavy atom. The fourth-order valence-corrected chi connectivity index (χ4v) is 3.41. The summed E-state index contributed by atoms with van der Waals surface area (Å²) in [6.45, 7) is 9.94. The molecule has 0 aliphatic carbocycles. The molecule has 7 heteroatoms. The molecule has 138 valence electrons. The molecule has 2 aromatic heterocycles. The molecule has 0 bridgehead atoms. The van der Waals surface area contributed by atoms with Gasteiger partial charge in [0.15, 0.2) is 0 Å². The van der Waals surface area contributed by atoms with Gasteiger partial charge in [-0.3, -0.25) is 9.59 Å². The summed E-state index contributed by atoms with van der Waals surface area (Å²) in [7, 11) is 0. The van der Waals surface area contributed by atoms with Gasteiger partial charge in [0.2, 0.25) is 0 Å². The maximum Gasteiger partial charge on any atom is 0.253 e. The number of furan rings is 1. The normalized spacial score (nSPS) is 13.1. The van der Waals surface area contributed by atoms with Crippen molar-refractivity contribution in [3.8, 4) is 5.75 Å². The summed E-state index contributed by atoms with van der Waals surface area (Å²) < 4.78 is 5.85. The summed E-state index contributed by atoms with van der Waals surface area (Å²) >= 11 is 1.30. The second kappa shape index (κ2) is 6.32. The van der Waals surface area contributed by atoms with Gasteiger partial charge in [0.05, 0.1) is 11.7 Å². The van der Waals surface area contributed by atoms with Crippen LogP contribution in [0.2, 0.25) is 0 Å². The molecule has 3 N–H and O–H groups in total. The number of nitrogens with one attached hydrogen (secondary N) is 2. The Morgan fingerprint density at radius 2 is 1.77 bits per heavy atom. The lowest BCUT2D eigenvalue weighted by Gasteiger charge is -2.31. The van der Waals surface area contributed by atoms with E-state index in [1.807, 2.05) is 40.7 Å². The lowest BCUT2D eigenvalue weighted by Crippen LogP contribution is -2.39. The van der Waals surface area contributed by atoms with Crippen molar-refractivity contribution in [1.29, 1.82) is 0 Å². The third-order valence-electron chi connectivity index (χ3n) is 4.44. The number of thiophene rings is 1. The van der Waals surface area contributed by atoms with E-state index in [-0.39, 0.29) is 28.6 Å². The van der Waals surface area contributed by atoms with Crippen LogP contribution >= 0.6 is 11.3 Å². The van der Waals surface area contributed by atoms with Crippen molar-refractivity contribution < 1.29 is 9.52 Å². The van der Waals surface area contributed by atoms with Crippen molar-refractivity contribution in [3.63, 3.8) is 0 Å². The highest BCUT2D eigenvalue weighted by molar-refractivity contribution is 7.08. The Morgan fingerprint density at radius 3 is 2.27 bits per heavy atom. The second-order valence-corrected chi connectivity index (χ2v) is 8.28. The van der Waals surface area contributed by atoms with Crippen LogP contribution in [0.4, 0.5) is 17.1 Å². The maximum absolute atomic E-state index is 12.2. The zero-order valence-electron chi connectivity index (χ0n) is 15.4. The quantitative estimate of drug-likeness (QED) is 0.580. The summed E-state index contributed by atoms with van der Waals surface area (Å²) in [5, 5.41) is 19.0. The lowest BCUT2D eigenvalue weighted by atomic mass is 9.84. The Labute approximate surface area is 155 Å². The molecule has 26 heavy (non-hydrogen) atoms. The molecule has 1 atom stereocenters. The third kappa shape index (κ3) is 3.14. The van der Waals surface area contributed by atoms with Gasteiger partial charge in [-0.2, -0.15) is 0 Å². The predicted octanol–water partition coefficient (Wildman–Crippen LogP) is 4.20. The van der Waals surface area contributed by atoms with Crippen LogP contribution in [-0.4, -0.2) is 5.11 Å². The van der Waals surface area contributed by atoms with Gasteiger partial charge in [-0.25, -0.2) is 0 Å². The van der Waals surface area contributed by atoms with Gasteiger partial charge in [-0.1, -0.05) is 20.8 Å². The van der Waals surface area contributed by atoms with Crippen LogP contribution in [0.1, 0.15) is 43.9 Å². The van der Waals surface area contributed by atoms with Crippen molar-refractivity contribution >= 4 is 28.4 Å². The van der Waals surface area contributed by atoms with Crippen molar-refractivity contribution in [2.24, 2.45) is 5.41 Å². The fourth-order valence-electron chi connectivity index (χ4n) is 2.77. The van der Waals surface area contributed by atoms with Gasteiger partial charge < -0.3 is 20.2 Å². The molecule has 0 radical (unpaired) electrons. The molecule has 0 aliphatic rings. The number of rotatable bonds is 5. The number of aromatic hydroxyl groups is 1. The molecule has 0 fully saturated rings. The van der Waals surface area contributed by atoms with Gasteiger partial charge >= 0.3 is 0 Å². The molecular weight excluding hydrogens is 352 g/mol. The SMILES string of the molecule is Cc1cc([C@H](Nc2c(Nc3cscc3O)c(=O)c2=O)C(C)(C)C)oc1C. The van der Waals surface area contributed by atoms with Crippen LogP contribution in [-0.2, 0) is 0 Å². The van der Waals surface area contributed by atoms with E-state index in [1.165, 1.54) is 11.3 Å². The van der Waals surface area contributed by atoms with E-state index in [2.05, 4.69) is 10.6 Å². The van der Waals surface area contributed by atoms with Crippen molar-refractivity contribution in [2.75, 3.05) is 10.6 Å². The molecule has 3 rings (SSSR count). The second-order valence-electron chi connectivity index (χ2n) is 7.54. The number of anilines is 3. The van der Waals surface area contributed by atoms with Gasteiger partial charge in [0.25, 0.3) is 10.9 Å². The zero-order valence-corrected chi connectivity index (χ0v) is 16.2. The average Bonchev–Trinajstić information content (AvgIpc) is 3.10. The summed E-state index contributed by atoms with van der Waals surface area (Å²) in [5.41, 5.74) is 0.377. The first-order valence-electron chi connectivity index (χ1n) is 8.28. The summed E-state index contributed by atoms with van der Waals surface area (Å²) in [5.74, 6) is 1.58. The Hall–Kier alpha value is -2.54. The van der Waals surface area contributed by atoms with Crippen LogP contribution in [0.25, 0.3) is 0 Å². The smallest absolute Gasteiger partial charge is 0.253 e. The minimum atomic E-state index is -0.599. The van der Waals surface area contributed by atoms with Crippen molar-refractivity contribution in [2.45, 2.75) is 40.7 Å². The summed E-state index contributed by atoms with van der Waals surface area (Å²) in [4.78, 5) is 24.2. The van der Waals surface area contributed by atoms with Crippen LogP contribution in [0.5, 0.6) is 5.75 Å². The van der Waals surface area contributed by atoms with Crippen molar-refractivity contribution in [1.82, 2.24) is 0 Å². The van der Waals surface area contributed by atoms with Crippen LogP contribution in [0, 0.1) is 19.3 Å². The molecule has 3 aromatic rings. The van der Waals surface area contributed by atoms with Gasteiger partial charge in [-0.15, -0.1) is 11.3 Å². The van der Waals surface area contributed by atoms with E-state index in [1.54, 1.807) is 10.8 Å². The van der Waals surface area contributed by atoms with E-state index in [0.29, 0.717) is 11.4 Å². The molecule has 1 aromatic carbocycles. The lowest BCUT2D eigenvalue weighted by molar-refractivity contribution is 0.300. The van der Waals surface area contributed by atoms with E-state index >= 15 is 0 Å². The minimum Gasteiger partial charge on any atom is -0.505 e. The Kier molecular flexibility index (Phi) is 4.44. The summed E-state index contributed by atoms with van der Waals surface area (Å²) in [6.07, 6.45) is 0. The van der Waals surface area contributed by atoms with Gasteiger partial charge in [0.1, 0.15) is 28.6 Å².